The van der Waals surface area contributed by atoms with Crippen molar-refractivity contribution in [1.29, 1.82) is 0 Å². The fourth-order valence-corrected chi connectivity index (χ4v) is 13.6. The van der Waals surface area contributed by atoms with Crippen LogP contribution in [0.1, 0.15) is 129 Å². The van der Waals surface area contributed by atoms with Crippen molar-refractivity contribution in [3.05, 3.63) is 0 Å². The van der Waals surface area contributed by atoms with Crippen LogP contribution in [0.25, 0.3) is 0 Å². The van der Waals surface area contributed by atoms with E-state index in [9.17, 15) is 77.0 Å². The van der Waals surface area contributed by atoms with Crippen LogP contribution in [0.3, 0.4) is 0 Å². The number of aliphatic carboxylic acids is 1. The highest BCUT2D eigenvalue weighted by Gasteiger charge is 2.60. The number of carbonyl (C=O) groups excluding carboxylic acids is 14. The Hall–Kier alpha value is -7.49. The first-order valence-corrected chi connectivity index (χ1v) is 32.6. The highest BCUT2D eigenvalue weighted by atomic mass is 32.2. The number of carboxylic acid groups (broad SMARTS) is 1. The molecule has 0 aromatic rings. The van der Waals surface area contributed by atoms with Gasteiger partial charge in [0.2, 0.25) is 0 Å². The first-order valence-electron chi connectivity index (χ1n) is 30.6. The van der Waals surface area contributed by atoms with Crippen molar-refractivity contribution in [1.82, 2.24) is 0 Å². The first kappa shape index (κ1) is 82.9. The molecule has 4 aliphatic heterocycles. The van der Waals surface area contributed by atoms with E-state index in [1.165, 1.54) is 0 Å². The van der Waals surface area contributed by atoms with E-state index in [4.69, 9.17) is 94.7 Å². The smallest absolute Gasteiger partial charge is 0.303 e. The summed E-state index contributed by atoms with van der Waals surface area (Å²) in [5, 5.41) is 8.90. The third-order valence-electron chi connectivity index (χ3n) is 14.0. The lowest BCUT2D eigenvalue weighted by atomic mass is 9.96. The predicted octanol–water partition coefficient (Wildman–Crippen LogP) is 1.10. The molecular weight excluding hydrogens is 1360 g/mol. The van der Waals surface area contributed by atoms with E-state index in [0.29, 0.717) is 0 Å². The summed E-state index contributed by atoms with van der Waals surface area (Å²) in [6.45, 7) is 11.3. The molecule has 5 unspecified atom stereocenters. The normalized spacial score (nSPS) is 29.9. The lowest BCUT2D eigenvalue weighted by molar-refractivity contribution is -0.341. The van der Waals surface area contributed by atoms with Gasteiger partial charge in [-0.1, -0.05) is 6.42 Å². The quantitative estimate of drug-likeness (QED) is 0.0546. The van der Waals surface area contributed by atoms with Gasteiger partial charge in [0.25, 0.3) is 0 Å². The highest BCUT2D eigenvalue weighted by molar-refractivity contribution is 8.01. The molecule has 21 atom stereocenters. The maximum atomic E-state index is 13.3. The molecule has 0 radical (unpaired) electrons. The molecule has 0 saturated carbocycles. The second-order valence-electron chi connectivity index (χ2n) is 22.4. The average Bonchev–Trinajstić information content (AvgIpc) is 0.776. The Balaban J connectivity index is 1.86. The monoisotopic (exact) mass is 1440 g/mol. The van der Waals surface area contributed by atoms with Crippen molar-refractivity contribution in [3.63, 3.8) is 0 Å². The van der Waals surface area contributed by atoms with E-state index in [2.05, 4.69) is 0 Å². The molecule has 4 rings (SSSR count). The van der Waals surface area contributed by atoms with Crippen LogP contribution in [0.15, 0.2) is 0 Å². The van der Waals surface area contributed by atoms with Gasteiger partial charge >= 0.3 is 89.5 Å². The fraction of sp³-hybridized carbons (Fsp3) is 0.750. The van der Waals surface area contributed by atoms with Gasteiger partial charge in [0.1, 0.15) is 73.9 Å². The van der Waals surface area contributed by atoms with Crippen molar-refractivity contribution in [3.8, 4) is 0 Å². The van der Waals surface area contributed by atoms with Crippen molar-refractivity contribution < 1.29 is 172 Å². The summed E-state index contributed by atoms with van der Waals surface area (Å²) in [7, 11) is 0. The fourth-order valence-electron chi connectivity index (χ4n) is 10.6. The summed E-state index contributed by atoms with van der Waals surface area (Å²) in [6.07, 6.45) is -31.1. The van der Waals surface area contributed by atoms with E-state index in [0.717, 1.165) is 120 Å². The molecule has 0 amide bonds. The number of thioether (sulfide) groups is 2. The summed E-state index contributed by atoms with van der Waals surface area (Å²) in [5.41, 5.74) is -2.87. The van der Waals surface area contributed by atoms with Crippen LogP contribution in [0.4, 0.5) is 0 Å². The van der Waals surface area contributed by atoms with E-state index in [1.54, 1.807) is 0 Å². The maximum absolute atomic E-state index is 13.3. The maximum Gasteiger partial charge on any atom is 0.303 e. The number of rotatable bonds is 33. The Morgan fingerprint density at radius 3 is 0.908 bits per heavy atom. The zero-order valence-corrected chi connectivity index (χ0v) is 57.9. The van der Waals surface area contributed by atoms with Gasteiger partial charge in [-0.15, -0.1) is 23.5 Å². The van der Waals surface area contributed by atoms with Gasteiger partial charge in [0.05, 0.1) is 0 Å². The van der Waals surface area contributed by atoms with Gasteiger partial charge in [0, 0.05) is 109 Å². The van der Waals surface area contributed by atoms with Gasteiger partial charge in [-0.05, 0) is 25.0 Å². The van der Waals surface area contributed by atoms with Crippen LogP contribution in [-0.4, -0.2) is 253 Å². The van der Waals surface area contributed by atoms with Crippen molar-refractivity contribution >= 4 is 113 Å². The van der Waals surface area contributed by atoms with E-state index in [-0.39, 0.29) is 37.9 Å². The summed E-state index contributed by atoms with van der Waals surface area (Å²) in [6, 6.07) is 0. The number of ether oxygens (including phenoxy) is 20. The number of carbonyl (C=O) groups is 15. The lowest BCUT2D eigenvalue weighted by Gasteiger charge is -2.49. The molecule has 98 heavy (non-hydrogen) atoms. The Morgan fingerprint density at radius 2 is 0.592 bits per heavy atom. The number of hydrogen-bond donors (Lipinski definition) is 1. The number of carboxylic acids is 1. The van der Waals surface area contributed by atoms with Gasteiger partial charge in [-0.2, -0.15) is 0 Å². The van der Waals surface area contributed by atoms with Crippen LogP contribution in [0, 0.1) is 0 Å². The van der Waals surface area contributed by atoms with Gasteiger partial charge < -0.3 is 99.8 Å². The minimum absolute atomic E-state index is 0.0384. The Morgan fingerprint density at radius 1 is 0.316 bits per heavy atom. The van der Waals surface area contributed by atoms with Crippen LogP contribution in [-0.2, 0) is 167 Å². The van der Waals surface area contributed by atoms with Gasteiger partial charge in [-0.25, -0.2) is 0 Å². The first-order chi connectivity index (χ1) is 45.9. The molecular formula is C60H84O36S2. The molecule has 0 aromatic carbocycles. The number of esters is 14. The average molecular weight is 1450 g/mol. The van der Waals surface area contributed by atoms with Crippen LogP contribution in [0.5, 0.6) is 0 Å². The van der Waals surface area contributed by atoms with Crippen LogP contribution in [0.2, 0.25) is 0 Å². The van der Waals surface area contributed by atoms with Crippen molar-refractivity contribution in [2.45, 2.75) is 255 Å². The van der Waals surface area contributed by atoms with Crippen LogP contribution < -0.4 is 0 Å². The largest absolute Gasteiger partial charge is 0.481 e. The molecule has 4 saturated heterocycles. The number of hydrogen-bond acceptors (Lipinski definition) is 37. The zero-order valence-electron chi connectivity index (χ0n) is 56.2. The second kappa shape index (κ2) is 39.9. The highest BCUT2D eigenvalue weighted by Crippen LogP contribution is 2.43. The Labute approximate surface area is 570 Å². The van der Waals surface area contributed by atoms with Crippen molar-refractivity contribution in [2.24, 2.45) is 0 Å². The lowest BCUT2D eigenvalue weighted by Crippen LogP contribution is -2.67. The topological polar surface area (TPSA) is 461 Å². The summed E-state index contributed by atoms with van der Waals surface area (Å²) in [4.78, 5) is 190. The molecule has 552 valence electrons. The molecule has 4 heterocycles. The SMILES string of the molecule is CC(=O)OC[C@H]1O[C@H](O[C@H]2C(OC(C)=O)[C@@H](OC(C)=O)[C@H](SCCC(CCCCC(=O)O)S[C@@H]3O[C@H](COC(C)=O)[C@@H](O[C@@H]4O[C@H](COC(C)=O)[C@@H](OC(C)=O)C(OC(C)=O)[C@H]4OC(C)=O)C(OC(C)=O)[C@H]3OC(C)=O)O[C@@H]2COC(C)=O)[C@H](OC(C)=O)C(OC(C)=O)[C@@H]1OC(C)=O. The zero-order chi connectivity index (χ0) is 73.4. The Bertz CT molecular complexity index is 2830. The number of unbranched alkanes of at least 4 members (excludes halogenated alkanes) is 1. The summed E-state index contributed by atoms with van der Waals surface area (Å²) < 4.78 is 117. The third kappa shape index (κ3) is 27.3. The minimum atomic E-state index is -1.98. The molecule has 0 spiro atoms. The molecule has 0 aliphatic carbocycles. The van der Waals surface area contributed by atoms with Crippen molar-refractivity contribution in [2.75, 3.05) is 32.2 Å². The summed E-state index contributed by atoms with van der Waals surface area (Å²) >= 11 is 1.91. The molecule has 36 nitrogen and oxygen atoms in total. The van der Waals surface area contributed by atoms with E-state index >= 15 is 0 Å². The van der Waals surface area contributed by atoms with Gasteiger partial charge in [0.15, 0.2) is 73.6 Å². The molecule has 4 fully saturated rings. The standard InChI is InChI=1S/C60H84O36S2/c1-25(61)77-21-40-45(81-29(5)65)49(83-31(7)67)53(87-35(11)71)57(91-40)95-47-42(23-79-27(3)63)93-59(55(89-37(13)73)51(47)85-33(9)69)97-20-19-39(17-15-16-18-44(75)76)98-60-56(90-38(14)74)52(86-34(10)70)48(43(94-60)24-80-28(4)64)96-58-54(88-36(12)72)50(84-32(8)68)46(82-30(6)66)41(92-58)22-78-26(2)62/h39-43,45-60H,15-24H2,1-14H3,(H,75,76)/t39?,40-,41-,42-,43-,45-,46-,47-,48-,49?,50?,51?,52?,53-,54-,55-,56-,57-,58+,59+,60+/m1/s1. The molecule has 0 bridgehead atoms. The van der Waals surface area contributed by atoms with Gasteiger partial charge in [-0.3, -0.25) is 71.9 Å². The molecule has 1 N–H and O–H groups in total. The Kier molecular flexibility index (Phi) is 33.8. The van der Waals surface area contributed by atoms with E-state index < -0.39 is 242 Å². The minimum Gasteiger partial charge on any atom is -0.481 e. The molecule has 4 aliphatic rings. The van der Waals surface area contributed by atoms with Crippen LogP contribution >= 0.6 is 23.5 Å². The predicted molar refractivity (Wildman–Crippen MR) is 321 cm³/mol. The summed E-state index contributed by atoms with van der Waals surface area (Å²) in [5.74, 6) is -14.5. The third-order valence-corrected chi connectivity index (χ3v) is 16.7. The molecule has 38 heteroatoms. The molecule has 0 aromatic heterocycles. The van der Waals surface area contributed by atoms with E-state index in [1.807, 2.05) is 0 Å². The second-order valence-corrected chi connectivity index (χ2v) is 25.0.